The maximum atomic E-state index is 5.82. The lowest BCUT2D eigenvalue weighted by atomic mass is 10.2. The molecule has 0 atom stereocenters. The number of azo groups is 1. The monoisotopic (exact) mass is 178 g/mol. The van der Waals surface area contributed by atoms with E-state index in [-0.39, 0.29) is 0 Å². The molecule has 0 spiro atoms. The minimum atomic E-state index is 0.644. The van der Waals surface area contributed by atoms with Crippen LogP contribution in [0.1, 0.15) is 0 Å². The molecule has 0 amide bonds. The smallest absolute Gasteiger partial charge is 0.0793 e. The molecule has 0 N–H and O–H groups in total. The highest BCUT2D eigenvalue weighted by Gasteiger charge is 1.90. The van der Waals surface area contributed by atoms with Crippen molar-refractivity contribution in [3.63, 3.8) is 0 Å². The lowest BCUT2D eigenvalue weighted by Crippen LogP contribution is -2.23. The van der Waals surface area contributed by atoms with Crippen LogP contribution in [0.5, 0.6) is 0 Å². The fourth-order valence-corrected chi connectivity index (χ4v) is 1.31. The average Bonchev–Trinajstić information content (AvgIpc) is 2.28. The second-order valence-electron chi connectivity index (χ2n) is 2.55. The van der Waals surface area contributed by atoms with Crippen molar-refractivity contribution in [2.75, 3.05) is 6.54 Å². The van der Waals surface area contributed by atoms with Crippen molar-refractivity contribution >= 4 is 23.9 Å². The van der Waals surface area contributed by atoms with Gasteiger partial charge in [0.15, 0.2) is 0 Å². The molecule has 0 saturated heterocycles. The molecule has 0 aliphatic carbocycles. The molecule has 0 unspecified atom stereocenters. The number of hydrogen-bond donors (Lipinski definition) is 0. The zero-order valence-electron chi connectivity index (χ0n) is 6.37. The number of nitrogens with zero attached hydrogens (tertiary/aromatic N) is 2. The van der Waals surface area contributed by atoms with E-state index in [2.05, 4.69) is 10.2 Å². The first-order valence-corrected chi connectivity index (χ1v) is 4.07. The largest absolute Gasteiger partial charge is 0.185 e. The molecule has 0 saturated carbocycles. The van der Waals surface area contributed by atoms with E-state index < -0.39 is 0 Å². The molecule has 1 aromatic carbocycles. The van der Waals surface area contributed by atoms with Crippen molar-refractivity contribution in [1.82, 2.24) is 0 Å². The van der Waals surface area contributed by atoms with E-state index in [1.807, 2.05) is 24.3 Å². The molecule has 1 aliphatic rings. The molecule has 0 radical (unpaired) electrons. The van der Waals surface area contributed by atoms with Crippen LogP contribution in [0, 0.1) is 0 Å². The van der Waals surface area contributed by atoms with Crippen molar-refractivity contribution in [3.8, 4) is 0 Å². The predicted octanol–water partition coefficient (Wildman–Crippen LogP) is 1.32. The molecule has 3 heteroatoms. The third kappa shape index (κ3) is 1.38. The van der Waals surface area contributed by atoms with E-state index in [1.165, 1.54) is 0 Å². The first kappa shape index (κ1) is 7.50. The third-order valence-electron chi connectivity index (χ3n) is 1.72. The van der Waals surface area contributed by atoms with E-state index in [9.17, 15) is 0 Å². The molecule has 1 aliphatic heterocycles. The van der Waals surface area contributed by atoms with Gasteiger partial charge in [0, 0.05) is 10.2 Å². The number of halogens is 1. The van der Waals surface area contributed by atoms with E-state index in [4.69, 9.17) is 11.6 Å². The Balaban J connectivity index is 2.79. The zero-order chi connectivity index (χ0) is 8.39. The van der Waals surface area contributed by atoms with E-state index in [0.717, 1.165) is 15.5 Å². The van der Waals surface area contributed by atoms with Crippen LogP contribution in [0.15, 0.2) is 28.4 Å². The van der Waals surface area contributed by atoms with Crippen molar-refractivity contribution < 1.29 is 0 Å². The number of hydrogen-bond acceptors (Lipinski definition) is 2. The number of rotatable bonds is 0. The van der Waals surface area contributed by atoms with Gasteiger partial charge >= 0.3 is 0 Å². The first-order valence-electron chi connectivity index (χ1n) is 3.69. The summed E-state index contributed by atoms with van der Waals surface area (Å²) in [6.07, 6.45) is 3.75. The lowest BCUT2D eigenvalue weighted by Gasteiger charge is -1.88. The van der Waals surface area contributed by atoms with Gasteiger partial charge in [0.25, 0.3) is 0 Å². The van der Waals surface area contributed by atoms with Crippen LogP contribution in [0.25, 0.3) is 12.3 Å². The Kier molecular flexibility index (Phi) is 1.92. The van der Waals surface area contributed by atoms with Gasteiger partial charge in [-0.2, -0.15) is 10.2 Å². The van der Waals surface area contributed by atoms with Crippen LogP contribution < -0.4 is 10.4 Å². The maximum Gasteiger partial charge on any atom is 0.0793 e. The average molecular weight is 179 g/mol. The standard InChI is InChI=1S/C9H7ClN2/c10-9-2-1-7-3-4-11-12-6-8(7)5-9/h1-3,5-6H,4H2. The molecular weight excluding hydrogens is 172 g/mol. The van der Waals surface area contributed by atoms with Crippen LogP contribution in [-0.4, -0.2) is 6.54 Å². The zero-order valence-corrected chi connectivity index (χ0v) is 7.12. The van der Waals surface area contributed by atoms with Gasteiger partial charge in [-0.3, -0.25) is 0 Å². The number of benzene rings is 1. The Morgan fingerprint density at radius 3 is 3.08 bits per heavy atom. The second kappa shape index (κ2) is 3.07. The molecule has 1 aromatic rings. The van der Waals surface area contributed by atoms with Gasteiger partial charge in [0.2, 0.25) is 0 Å². The van der Waals surface area contributed by atoms with Gasteiger partial charge in [-0.25, -0.2) is 0 Å². The Morgan fingerprint density at radius 2 is 2.17 bits per heavy atom. The Hall–Kier alpha value is -1.15. The minimum Gasteiger partial charge on any atom is -0.185 e. The van der Waals surface area contributed by atoms with Crippen LogP contribution in [0.2, 0.25) is 5.02 Å². The molecular formula is C9H7ClN2. The normalized spacial score (nSPS) is 14.1. The van der Waals surface area contributed by atoms with Gasteiger partial charge in [-0.15, -0.1) is 0 Å². The van der Waals surface area contributed by atoms with Crippen molar-refractivity contribution in [1.29, 1.82) is 0 Å². The summed E-state index contributed by atoms with van der Waals surface area (Å²) in [7, 11) is 0. The quantitative estimate of drug-likeness (QED) is 0.573. The van der Waals surface area contributed by atoms with Crippen LogP contribution in [0.4, 0.5) is 0 Å². The van der Waals surface area contributed by atoms with Gasteiger partial charge < -0.3 is 0 Å². The summed E-state index contributed by atoms with van der Waals surface area (Å²) in [6.45, 7) is 0.644. The summed E-state index contributed by atoms with van der Waals surface area (Å²) < 4.78 is 0. The van der Waals surface area contributed by atoms with Gasteiger partial charge in [-0.05, 0) is 17.4 Å². The minimum absolute atomic E-state index is 0.644. The Morgan fingerprint density at radius 1 is 1.25 bits per heavy atom. The molecule has 2 nitrogen and oxygen atoms in total. The van der Waals surface area contributed by atoms with Crippen LogP contribution >= 0.6 is 11.6 Å². The van der Waals surface area contributed by atoms with E-state index in [0.29, 0.717) is 6.54 Å². The molecule has 12 heavy (non-hydrogen) atoms. The van der Waals surface area contributed by atoms with Crippen molar-refractivity contribution in [3.05, 3.63) is 33.7 Å². The molecule has 0 aromatic heterocycles. The summed E-state index contributed by atoms with van der Waals surface area (Å²) in [5.74, 6) is 0. The molecule has 1 heterocycles. The highest BCUT2D eigenvalue weighted by molar-refractivity contribution is 6.30. The molecule has 0 fully saturated rings. The predicted molar refractivity (Wildman–Crippen MR) is 49.4 cm³/mol. The molecule has 0 bridgehead atoms. The summed E-state index contributed by atoms with van der Waals surface area (Å²) >= 11 is 5.82. The van der Waals surface area contributed by atoms with Gasteiger partial charge in [0.05, 0.1) is 12.7 Å². The Labute approximate surface area is 74.9 Å². The molecule has 2 rings (SSSR count). The topological polar surface area (TPSA) is 24.7 Å². The van der Waals surface area contributed by atoms with Gasteiger partial charge in [-0.1, -0.05) is 23.7 Å². The summed E-state index contributed by atoms with van der Waals surface area (Å²) in [6, 6.07) is 5.73. The van der Waals surface area contributed by atoms with Crippen molar-refractivity contribution in [2.24, 2.45) is 10.2 Å². The van der Waals surface area contributed by atoms with E-state index in [1.54, 1.807) is 6.20 Å². The summed E-state index contributed by atoms with van der Waals surface area (Å²) in [5.41, 5.74) is 0. The van der Waals surface area contributed by atoms with Crippen LogP contribution in [0.3, 0.4) is 0 Å². The van der Waals surface area contributed by atoms with Crippen LogP contribution in [-0.2, 0) is 0 Å². The summed E-state index contributed by atoms with van der Waals surface area (Å²) in [4.78, 5) is 0. The highest BCUT2D eigenvalue weighted by Crippen LogP contribution is 2.00. The lowest BCUT2D eigenvalue weighted by molar-refractivity contribution is 1.13. The SMILES string of the molecule is Clc1ccc2c(c1)=CN=NCC=2. The van der Waals surface area contributed by atoms with Gasteiger partial charge in [0.1, 0.15) is 0 Å². The fraction of sp³-hybridized carbons (Fsp3) is 0.111. The molecule has 60 valence electrons. The summed E-state index contributed by atoms with van der Waals surface area (Å²) in [5, 5.41) is 10.7. The van der Waals surface area contributed by atoms with Crippen molar-refractivity contribution in [2.45, 2.75) is 0 Å². The fourth-order valence-electron chi connectivity index (χ4n) is 1.13. The second-order valence-corrected chi connectivity index (χ2v) is 2.98. The Bertz CT molecular complexity index is 434. The maximum absolute atomic E-state index is 5.82. The van der Waals surface area contributed by atoms with E-state index >= 15 is 0 Å². The highest BCUT2D eigenvalue weighted by atomic mass is 35.5. The first-order chi connectivity index (χ1) is 5.86. The number of fused-ring (bicyclic) bond motifs is 1. The third-order valence-corrected chi connectivity index (χ3v) is 1.96.